The predicted molar refractivity (Wildman–Crippen MR) is 106 cm³/mol. The molecule has 0 atom stereocenters. The van der Waals surface area contributed by atoms with Gasteiger partial charge in [0.1, 0.15) is 12.4 Å². The quantitative estimate of drug-likeness (QED) is 0.545. The van der Waals surface area contributed by atoms with E-state index in [0.29, 0.717) is 24.5 Å². The number of benzene rings is 2. The predicted octanol–water partition coefficient (Wildman–Crippen LogP) is 3.91. The summed E-state index contributed by atoms with van der Waals surface area (Å²) in [6, 6.07) is 12.7. The van der Waals surface area contributed by atoms with Crippen LogP contribution in [-0.4, -0.2) is 31.3 Å². The van der Waals surface area contributed by atoms with Crippen LogP contribution in [0.25, 0.3) is 0 Å². The third-order valence-electron chi connectivity index (χ3n) is 3.31. The van der Waals surface area contributed by atoms with E-state index in [1.54, 1.807) is 25.3 Å². The van der Waals surface area contributed by atoms with Gasteiger partial charge in [-0.05, 0) is 49.0 Å². The van der Waals surface area contributed by atoms with E-state index in [1.807, 2.05) is 31.2 Å². The molecule has 1 amide bonds. The van der Waals surface area contributed by atoms with Crippen molar-refractivity contribution in [2.24, 2.45) is 0 Å². The number of hydrogen-bond donors (Lipinski definition) is 2. The second-order valence-electron chi connectivity index (χ2n) is 5.24. The number of halogens is 1. The molecule has 0 aliphatic carbocycles. The third-order valence-corrected chi connectivity index (χ3v) is 4.37. The van der Waals surface area contributed by atoms with E-state index in [1.165, 1.54) is 0 Å². The summed E-state index contributed by atoms with van der Waals surface area (Å²) < 4.78 is 11.4. The summed E-state index contributed by atoms with van der Waals surface area (Å²) in [5, 5.41) is 5.86. The average Bonchev–Trinajstić information content (AvgIpc) is 2.57. The second kappa shape index (κ2) is 9.50. The van der Waals surface area contributed by atoms with Crippen LogP contribution in [0.5, 0.6) is 5.75 Å². The Kier molecular flexibility index (Phi) is 7.36. The molecule has 2 N–H and O–H groups in total. The molecule has 0 unspecified atom stereocenters. The summed E-state index contributed by atoms with van der Waals surface area (Å²) in [5.41, 5.74) is 2.31. The maximum absolute atomic E-state index is 12.3. The summed E-state index contributed by atoms with van der Waals surface area (Å²) in [7, 11) is 1.62. The number of anilines is 1. The molecule has 0 aliphatic rings. The fourth-order valence-corrected chi connectivity index (χ4v) is 2.57. The van der Waals surface area contributed by atoms with Crippen LogP contribution in [0.4, 0.5) is 5.69 Å². The summed E-state index contributed by atoms with van der Waals surface area (Å²) >= 11 is 8.62. The second-order valence-corrected chi connectivity index (χ2v) is 6.50. The number of ether oxygens (including phenoxy) is 2. The van der Waals surface area contributed by atoms with Crippen molar-refractivity contribution in [2.75, 3.05) is 25.6 Å². The Balaban J connectivity index is 1.94. The average molecular weight is 423 g/mol. The molecule has 0 radical (unpaired) electrons. The lowest BCUT2D eigenvalue weighted by atomic mass is 10.1. The van der Waals surface area contributed by atoms with Gasteiger partial charge in [0.25, 0.3) is 5.91 Å². The van der Waals surface area contributed by atoms with E-state index >= 15 is 0 Å². The van der Waals surface area contributed by atoms with Gasteiger partial charge in [-0.2, -0.15) is 0 Å². The smallest absolute Gasteiger partial charge is 0.257 e. The fourth-order valence-electron chi connectivity index (χ4n) is 1.98. The number of rotatable bonds is 6. The SMILES string of the molecule is COCCOc1cccc(NC(=S)NC(=O)c2ccc(C)c(Br)c2)c1. The van der Waals surface area contributed by atoms with Crippen LogP contribution in [-0.2, 0) is 4.74 Å². The maximum atomic E-state index is 12.3. The highest BCUT2D eigenvalue weighted by Gasteiger charge is 2.09. The van der Waals surface area contributed by atoms with E-state index in [4.69, 9.17) is 21.7 Å². The number of aryl methyl sites for hydroxylation is 1. The highest BCUT2D eigenvalue weighted by atomic mass is 79.9. The number of methoxy groups -OCH3 is 1. The first-order chi connectivity index (χ1) is 12.0. The maximum Gasteiger partial charge on any atom is 0.257 e. The van der Waals surface area contributed by atoms with Crippen molar-refractivity contribution in [3.05, 3.63) is 58.1 Å². The van der Waals surface area contributed by atoms with E-state index in [-0.39, 0.29) is 11.0 Å². The molecule has 2 aromatic rings. The van der Waals surface area contributed by atoms with Gasteiger partial charge in [-0.25, -0.2) is 0 Å². The Labute approximate surface area is 160 Å². The molecule has 132 valence electrons. The molecule has 0 aliphatic heterocycles. The summed E-state index contributed by atoms with van der Waals surface area (Å²) in [6.45, 7) is 2.93. The number of hydrogen-bond acceptors (Lipinski definition) is 4. The molecular weight excluding hydrogens is 404 g/mol. The zero-order chi connectivity index (χ0) is 18.2. The Morgan fingerprint density at radius 2 is 2.00 bits per heavy atom. The Morgan fingerprint density at radius 1 is 1.20 bits per heavy atom. The Bertz CT molecular complexity index is 768. The molecule has 2 aromatic carbocycles. The van der Waals surface area contributed by atoms with Crippen LogP contribution in [0.15, 0.2) is 46.9 Å². The molecule has 0 heterocycles. The summed E-state index contributed by atoms with van der Waals surface area (Å²) in [5.74, 6) is 0.421. The standard InChI is InChI=1S/C18H19BrN2O3S/c1-12-6-7-13(10-16(12)19)17(22)21-18(25)20-14-4-3-5-15(11-14)24-9-8-23-2/h3-7,10-11H,8-9H2,1-2H3,(H2,20,21,22,25). The van der Waals surface area contributed by atoms with Crippen molar-refractivity contribution < 1.29 is 14.3 Å². The van der Waals surface area contributed by atoms with Gasteiger partial charge in [-0.3, -0.25) is 10.1 Å². The zero-order valence-electron chi connectivity index (χ0n) is 14.0. The lowest BCUT2D eigenvalue weighted by Crippen LogP contribution is -2.34. The number of amides is 1. The van der Waals surface area contributed by atoms with Gasteiger partial charge in [-0.15, -0.1) is 0 Å². The normalized spacial score (nSPS) is 10.2. The van der Waals surface area contributed by atoms with Gasteiger partial charge in [0.05, 0.1) is 6.61 Å². The van der Waals surface area contributed by atoms with Gasteiger partial charge < -0.3 is 14.8 Å². The lowest BCUT2D eigenvalue weighted by Gasteiger charge is -2.12. The Morgan fingerprint density at radius 3 is 2.72 bits per heavy atom. The third kappa shape index (κ3) is 6.12. The molecule has 25 heavy (non-hydrogen) atoms. The first kappa shape index (κ1) is 19.4. The fraction of sp³-hybridized carbons (Fsp3) is 0.222. The van der Waals surface area contributed by atoms with Crippen molar-refractivity contribution in [2.45, 2.75) is 6.92 Å². The monoisotopic (exact) mass is 422 g/mol. The summed E-state index contributed by atoms with van der Waals surface area (Å²) in [6.07, 6.45) is 0. The molecule has 0 saturated heterocycles. The molecule has 0 bridgehead atoms. The van der Waals surface area contributed by atoms with Gasteiger partial charge in [0.15, 0.2) is 5.11 Å². The molecular formula is C18H19BrN2O3S. The minimum Gasteiger partial charge on any atom is -0.491 e. The minimum atomic E-state index is -0.273. The van der Waals surface area contributed by atoms with Crippen molar-refractivity contribution in [1.29, 1.82) is 0 Å². The highest BCUT2D eigenvalue weighted by Crippen LogP contribution is 2.18. The molecule has 7 heteroatoms. The van der Waals surface area contributed by atoms with Gasteiger partial charge in [-0.1, -0.05) is 28.1 Å². The van der Waals surface area contributed by atoms with Crippen LogP contribution in [0, 0.1) is 6.92 Å². The topological polar surface area (TPSA) is 59.6 Å². The van der Waals surface area contributed by atoms with E-state index in [9.17, 15) is 4.79 Å². The van der Waals surface area contributed by atoms with E-state index in [2.05, 4.69) is 26.6 Å². The van der Waals surface area contributed by atoms with E-state index in [0.717, 1.165) is 15.7 Å². The van der Waals surface area contributed by atoms with Crippen LogP contribution in [0.2, 0.25) is 0 Å². The van der Waals surface area contributed by atoms with Crippen molar-refractivity contribution >= 4 is 44.9 Å². The first-order valence-electron chi connectivity index (χ1n) is 7.60. The van der Waals surface area contributed by atoms with Crippen LogP contribution < -0.4 is 15.4 Å². The van der Waals surface area contributed by atoms with Gasteiger partial charge in [0, 0.05) is 28.9 Å². The summed E-state index contributed by atoms with van der Waals surface area (Å²) in [4.78, 5) is 12.3. The molecule has 0 aromatic heterocycles. The molecule has 0 fully saturated rings. The van der Waals surface area contributed by atoms with Gasteiger partial charge in [0.2, 0.25) is 0 Å². The number of carbonyl (C=O) groups excluding carboxylic acids is 1. The number of carbonyl (C=O) groups is 1. The van der Waals surface area contributed by atoms with Crippen LogP contribution in [0.3, 0.4) is 0 Å². The van der Waals surface area contributed by atoms with Crippen LogP contribution >= 0.6 is 28.1 Å². The van der Waals surface area contributed by atoms with E-state index < -0.39 is 0 Å². The minimum absolute atomic E-state index is 0.218. The molecule has 0 saturated carbocycles. The molecule has 0 spiro atoms. The van der Waals surface area contributed by atoms with Crippen molar-refractivity contribution in [3.63, 3.8) is 0 Å². The first-order valence-corrected chi connectivity index (χ1v) is 8.80. The zero-order valence-corrected chi connectivity index (χ0v) is 16.4. The molecule has 5 nitrogen and oxygen atoms in total. The largest absolute Gasteiger partial charge is 0.491 e. The van der Waals surface area contributed by atoms with Crippen molar-refractivity contribution in [1.82, 2.24) is 5.32 Å². The number of thiocarbonyl (C=S) groups is 1. The lowest BCUT2D eigenvalue weighted by molar-refractivity contribution is 0.0977. The number of nitrogens with one attached hydrogen (secondary N) is 2. The Hall–Kier alpha value is -1.96. The molecule has 2 rings (SSSR count). The highest BCUT2D eigenvalue weighted by molar-refractivity contribution is 9.10. The van der Waals surface area contributed by atoms with Crippen LogP contribution in [0.1, 0.15) is 15.9 Å². The van der Waals surface area contributed by atoms with Crippen molar-refractivity contribution in [3.8, 4) is 5.75 Å². The van der Waals surface area contributed by atoms with Gasteiger partial charge >= 0.3 is 0 Å².